The fourth-order valence-electron chi connectivity index (χ4n) is 1.52. The van der Waals surface area contributed by atoms with Gasteiger partial charge in [0.1, 0.15) is 0 Å². The number of carbonyl (C=O) groups excluding carboxylic acids is 1. The van der Waals surface area contributed by atoms with Gasteiger partial charge in [0.15, 0.2) is 5.78 Å². The molecule has 0 saturated carbocycles. The fraction of sp³-hybridized carbons (Fsp3) is 0.214. The molecule has 0 radical (unpaired) electrons. The summed E-state index contributed by atoms with van der Waals surface area (Å²) in [6, 6.07) is 13.7. The Kier molecular flexibility index (Phi) is 4.83. The fourth-order valence-corrected chi connectivity index (χ4v) is 3.32. The number of rotatable bonds is 6. The molecule has 0 fully saturated rings. The number of hydrogen-bond donors (Lipinski definition) is 0. The Morgan fingerprint density at radius 1 is 1.12 bits per heavy atom. The summed E-state index contributed by atoms with van der Waals surface area (Å²) in [6.07, 6.45) is 1.58. The quantitative estimate of drug-likeness (QED) is 0.433. The molecule has 0 saturated heterocycles. The average molecular weight is 262 g/mol. The van der Waals surface area contributed by atoms with Crippen LogP contribution in [-0.4, -0.2) is 11.5 Å². The summed E-state index contributed by atoms with van der Waals surface area (Å²) in [5, 5.41) is 2.08. The van der Waals surface area contributed by atoms with Gasteiger partial charge in [-0.25, -0.2) is 0 Å². The second kappa shape index (κ2) is 6.62. The number of thioether (sulfide) groups is 1. The first-order valence-corrected chi connectivity index (χ1v) is 7.47. The van der Waals surface area contributed by atoms with Crippen molar-refractivity contribution in [2.75, 3.05) is 5.75 Å². The van der Waals surface area contributed by atoms with E-state index >= 15 is 0 Å². The highest BCUT2D eigenvalue weighted by Crippen LogP contribution is 2.24. The van der Waals surface area contributed by atoms with Gasteiger partial charge in [-0.05, 0) is 23.6 Å². The highest BCUT2D eigenvalue weighted by molar-refractivity contribution is 8.01. The molecule has 88 valence electrons. The van der Waals surface area contributed by atoms with Gasteiger partial charge in [0.05, 0.1) is 4.21 Å². The third-order valence-electron chi connectivity index (χ3n) is 2.38. The van der Waals surface area contributed by atoms with Gasteiger partial charge < -0.3 is 0 Å². The van der Waals surface area contributed by atoms with E-state index in [9.17, 15) is 4.79 Å². The van der Waals surface area contributed by atoms with Crippen molar-refractivity contribution >= 4 is 28.9 Å². The van der Waals surface area contributed by atoms with Crippen LogP contribution in [0.15, 0.2) is 52.1 Å². The van der Waals surface area contributed by atoms with Gasteiger partial charge in [0, 0.05) is 12.0 Å². The standard InChI is InChI=1S/C14H14OS2/c15-13(12-6-2-1-3-7-12)8-4-10-16-14-9-5-11-17-14/h1-3,5-7,9,11H,4,8,10H2. The van der Waals surface area contributed by atoms with E-state index in [0.29, 0.717) is 6.42 Å². The van der Waals surface area contributed by atoms with E-state index in [1.165, 1.54) is 4.21 Å². The normalized spacial score (nSPS) is 10.4. The van der Waals surface area contributed by atoms with Gasteiger partial charge >= 0.3 is 0 Å². The molecule has 0 aliphatic rings. The minimum atomic E-state index is 0.248. The van der Waals surface area contributed by atoms with Crippen molar-refractivity contribution in [3.05, 3.63) is 53.4 Å². The molecule has 1 aromatic carbocycles. The van der Waals surface area contributed by atoms with Crippen LogP contribution in [0.25, 0.3) is 0 Å². The van der Waals surface area contributed by atoms with Gasteiger partial charge in [-0.2, -0.15) is 0 Å². The summed E-state index contributed by atoms with van der Waals surface area (Å²) in [5.41, 5.74) is 0.827. The number of Topliss-reactive ketones (excluding diaryl/α,β-unsaturated/α-hetero) is 1. The molecule has 2 rings (SSSR count). The first-order valence-electron chi connectivity index (χ1n) is 5.61. The molecule has 0 aliphatic carbocycles. The Morgan fingerprint density at radius 3 is 2.65 bits per heavy atom. The first-order chi connectivity index (χ1) is 8.36. The molecular formula is C14H14OS2. The topological polar surface area (TPSA) is 17.1 Å². The molecular weight excluding hydrogens is 248 g/mol. The number of benzene rings is 1. The lowest BCUT2D eigenvalue weighted by Crippen LogP contribution is -1.98. The van der Waals surface area contributed by atoms with Crippen LogP contribution >= 0.6 is 23.1 Å². The van der Waals surface area contributed by atoms with E-state index in [2.05, 4.69) is 17.5 Å². The molecule has 0 aliphatic heterocycles. The molecule has 1 nitrogen and oxygen atoms in total. The molecule has 1 aromatic heterocycles. The maximum Gasteiger partial charge on any atom is 0.162 e. The molecule has 0 unspecified atom stereocenters. The molecule has 0 spiro atoms. The Balaban J connectivity index is 1.70. The van der Waals surface area contributed by atoms with Crippen LogP contribution in [0, 0.1) is 0 Å². The smallest absolute Gasteiger partial charge is 0.162 e. The average Bonchev–Trinajstić information content (AvgIpc) is 2.88. The van der Waals surface area contributed by atoms with Crippen molar-refractivity contribution in [3.63, 3.8) is 0 Å². The third-order valence-corrected chi connectivity index (χ3v) is 4.60. The molecule has 0 N–H and O–H groups in total. The van der Waals surface area contributed by atoms with E-state index in [4.69, 9.17) is 0 Å². The molecule has 0 amide bonds. The second-order valence-corrected chi connectivity index (χ2v) is 6.02. The molecule has 17 heavy (non-hydrogen) atoms. The Hall–Kier alpha value is -1.06. The van der Waals surface area contributed by atoms with Crippen LogP contribution in [0.4, 0.5) is 0 Å². The van der Waals surface area contributed by atoms with E-state index < -0.39 is 0 Å². The number of carbonyl (C=O) groups is 1. The molecule has 2 aromatic rings. The predicted octanol–water partition coefficient (Wildman–Crippen LogP) is 4.50. The lowest BCUT2D eigenvalue weighted by molar-refractivity contribution is 0.0982. The predicted molar refractivity (Wildman–Crippen MR) is 75.0 cm³/mol. The summed E-state index contributed by atoms with van der Waals surface area (Å²) in [5.74, 6) is 1.26. The summed E-state index contributed by atoms with van der Waals surface area (Å²) >= 11 is 3.59. The van der Waals surface area contributed by atoms with E-state index in [1.54, 1.807) is 11.3 Å². The van der Waals surface area contributed by atoms with Gasteiger partial charge in [-0.15, -0.1) is 23.1 Å². The molecule has 1 heterocycles. The van der Waals surface area contributed by atoms with Crippen molar-refractivity contribution in [1.29, 1.82) is 0 Å². The van der Waals surface area contributed by atoms with Crippen molar-refractivity contribution in [3.8, 4) is 0 Å². The van der Waals surface area contributed by atoms with Gasteiger partial charge in [-0.1, -0.05) is 36.4 Å². The van der Waals surface area contributed by atoms with Crippen LogP contribution < -0.4 is 0 Å². The van der Waals surface area contributed by atoms with Crippen LogP contribution in [0.2, 0.25) is 0 Å². The summed E-state index contributed by atoms with van der Waals surface area (Å²) in [7, 11) is 0. The lowest BCUT2D eigenvalue weighted by atomic mass is 10.1. The Labute approximate surface area is 110 Å². The highest BCUT2D eigenvalue weighted by Gasteiger charge is 2.04. The zero-order valence-corrected chi connectivity index (χ0v) is 11.1. The highest BCUT2D eigenvalue weighted by atomic mass is 32.2. The van der Waals surface area contributed by atoms with Crippen LogP contribution in [-0.2, 0) is 0 Å². The van der Waals surface area contributed by atoms with E-state index in [0.717, 1.165) is 17.7 Å². The largest absolute Gasteiger partial charge is 0.294 e. The van der Waals surface area contributed by atoms with E-state index in [1.807, 2.05) is 42.1 Å². The SMILES string of the molecule is O=C(CCCSc1cccs1)c1ccccc1. The maximum absolute atomic E-state index is 11.8. The van der Waals surface area contributed by atoms with Crippen LogP contribution in [0.1, 0.15) is 23.2 Å². The zero-order chi connectivity index (χ0) is 11.9. The van der Waals surface area contributed by atoms with Gasteiger partial charge in [0.25, 0.3) is 0 Å². The number of thiophene rings is 1. The summed E-state index contributed by atoms with van der Waals surface area (Å²) in [4.78, 5) is 11.8. The summed E-state index contributed by atoms with van der Waals surface area (Å²) < 4.78 is 1.33. The lowest BCUT2D eigenvalue weighted by Gasteiger charge is -2.00. The van der Waals surface area contributed by atoms with Crippen molar-refractivity contribution in [2.45, 2.75) is 17.1 Å². The van der Waals surface area contributed by atoms with Gasteiger partial charge in [0.2, 0.25) is 0 Å². The number of ketones is 1. The Morgan fingerprint density at radius 2 is 1.94 bits per heavy atom. The van der Waals surface area contributed by atoms with E-state index in [-0.39, 0.29) is 5.78 Å². The summed E-state index contributed by atoms with van der Waals surface area (Å²) in [6.45, 7) is 0. The Bertz CT molecular complexity index is 448. The van der Waals surface area contributed by atoms with Crippen LogP contribution in [0.5, 0.6) is 0 Å². The van der Waals surface area contributed by atoms with Gasteiger partial charge in [-0.3, -0.25) is 4.79 Å². The first kappa shape index (κ1) is 12.4. The van der Waals surface area contributed by atoms with Crippen molar-refractivity contribution < 1.29 is 4.79 Å². The van der Waals surface area contributed by atoms with Crippen molar-refractivity contribution in [1.82, 2.24) is 0 Å². The molecule has 0 atom stereocenters. The monoisotopic (exact) mass is 262 g/mol. The van der Waals surface area contributed by atoms with Crippen LogP contribution in [0.3, 0.4) is 0 Å². The number of hydrogen-bond acceptors (Lipinski definition) is 3. The third kappa shape index (κ3) is 4.02. The molecule has 0 bridgehead atoms. The molecule has 3 heteroatoms. The van der Waals surface area contributed by atoms with Crippen molar-refractivity contribution in [2.24, 2.45) is 0 Å². The minimum absolute atomic E-state index is 0.248. The minimum Gasteiger partial charge on any atom is -0.294 e. The zero-order valence-electron chi connectivity index (χ0n) is 9.46. The maximum atomic E-state index is 11.8. The second-order valence-electron chi connectivity index (χ2n) is 3.67.